The van der Waals surface area contributed by atoms with E-state index in [1.54, 1.807) is 9.80 Å². The average molecular weight is 290 g/mol. The molecule has 2 aliphatic rings. The van der Waals surface area contributed by atoms with Gasteiger partial charge in [-0.25, -0.2) is 9.59 Å². The van der Waals surface area contributed by atoms with Crippen molar-refractivity contribution in [3.8, 4) is 0 Å². The number of para-hydroxylation sites is 1. The summed E-state index contributed by atoms with van der Waals surface area (Å²) in [5.41, 5.74) is 2.10. The maximum Gasteiger partial charge on any atom is 0.334 e. The number of fused-ring (bicyclic) bond motifs is 1. The topological polar surface area (TPSA) is 70.1 Å². The van der Waals surface area contributed by atoms with Gasteiger partial charge in [-0.2, -0.15) is 0 Å². The van der Waals surface area contributed by atoms with E-state index < -0.39 is 12.1 Å². The monoisotopic (exact) mass is 290 g/mol. The van der Waals surface area contributed by atoms with Gasteiger partial charge in [0.25, 0.3) is 0 Å². The van der Waals surface area contributed by atoms with Crippen LogP contribution in [0.15, 0.2) is 24.3 Å². The molecule has 2 aliphatic heterocycles. The van der Waals surface area contributed by atoms with Crippen LogP contribution in [0.1, 0.15) is 12.0 Å². The molecule has 1 fully saturated rings. The quantitative estimate of drug-likeness (QED) is 0.847. The molecule has 0 spiro atoms. The van der Waals surface area contributed by atoms with E-state index in [9.17, 15) is 9.59 Å². The van der Waals surface area contributed by atoms with E-state index in [0.717, 1.165) is 18.5 Å². The zero-order chi connectivity index (χ0) is 14.8. The number of benzene rings is 1. The van der Waals surface area contributed by atoms with Crippen molar-refractivity contribution < 1.29 is 19.4 Å². The molecule has 1 saturated heterocycles. The molecule has 6 heteroatoms. The third-order valence-corrected chi connectivity index (χ3v) is 3.95. The van der Waals surface area contributed by atoms with Crippen LogP contribution in [0.5, 0.6) is 0 Å². The summed E-state index contributed by atoms with van der Waals surface area (Å²) in [5, 5.41) is 9.03. The van der Waals surface area contributed by atoms with Crippen molar-refractivity contribution in [3.05, 3.63) is 29.8 Å². The van der Waals surface area contributed by atoms with Crippen LogP contribution in [0.25, 0.3) is 0 Å². The molecule has 2 heterocycles. The molecule has 21 heavy (non-hydrogen) atoms. The van der Waals surface area contributed by atoms with Crippen molar-refractivity contribution in [1.29, 1.82) is 0 Å². The van der Waals surface area contributed by atoms with Crippen molar-refractivity contribution in [2.24, 2.45) is 0 Å². The minimum atomic E-state index is -1.02. The summed E-state index contributed by atoms with van der Waals surface area (Å²) in [7, 11) is 0. The van der Waals surface area contributed by atoms with E-state index >= 15 is 0 Å². The molecule has 3 rings (SSSR count). The standard InChI is InChI=1S/C15H18N2O4/c18-14(19)13-10-16(8-9-21-13)15(20)17-7-3-5-11-4-1-2-6-12(11)17/h1-2,4,6,13H,3,5,7-10H2,(H,18,19). The zero-order valence-corrected chi connectivity index (χ0v) is 11.7. The SMILES string of the molecule is O=C(O)C1CN(C(=O)N2CCCc3ccccc32)CCO1. The van der Waals surface area contributed by atoms with Gasteiger partial charge in [0.15, 0.2) is 6.10 Å². The Kier molecular flexibility index (Phi) is 3.79. The van der Waals surface area contributed by atoms with Gasteiger partial charge in [-0.1, -0.05) is 18.2 Å². The van der Waals surface area contributed by atoms with Crippen LogP contribution in [-0.4, -0.2) is 54.4 Å². The van der Waals surface area contributed by atoms with E-state index in [0.29, 0.717) is 13.1 Å². The van der Waals surface area contributed by atoms with Gasteiger partial charge >= 0.3 is 12.0 Å². The highest BCUT2D eigenvalue weighted by Gasteiger charge is 2.33. The average Bonchev–Trinajstić information content (AvgIpc) is 2.53. The Morgan fingerprint density at radius 3 is 2.86 bits per heavy atom. The molecule has 0 radical (unpaired) electrons. The minimum absolute atomic E-state index is 0.104. The summed E-state index contributed by atoms with van der Waals surface area (Å²) < 4.78 is 5.16. The minimum Gasteiger partial charge on any atom is -0.479 e. The molecule has 0 aromatic heterocycles. The van der Waals surface area contributed by atoms with Gasteiger partial charge in [0.05, 0.1) is 13.2 Å². The van der Waals surface area contributed by atoms with Crippen LogP contribution in [-0.2, 0) is 16.0 Å². The molecule has 0 aliphatic carbocycles. The predicted octanol–water partition coefficient (Wildman–Crippen LogP) is 1.34. The Bertz CT molecular complexity index is 560. The summed E-state index contributed by atoms with van der Waals surface area (Å²) in [6.07, 6.45) is 0.971. The van der Waals surface area contributed by atoms with Crippen LogP contribution < -0.4 is 4.90 Å². The van der Waals surface area contributed by atoms with Crippen molar-refractivity contribution >= 4 is 17.7 Å². The summed E-state index contributed by atoms with van der Waals surface area (Å²) in [6.45, 7) is 1.47. The lowest BCUT2D eigenvalue weighted by Crippen LogP contribution is -2.53. The Labute approximate surface area is 122 Å². The molecule has 2 amide bonds. The number of carboxylic acid groups (broad SMARTS) is 1. The second-order valence-electron chi connectivity index (χ2n) is 5.31. The van der Waals surface area contributed by atoms with Crippen LogP contribution >= 0.6 is 0 Å². The summed E-state index contributed by atoms with van der Waals surface area (Å²) >= 11 is 0. The fraction of sp³-hybridized carbons (Fsp3) is 0.467. The van der Waals surface area contributed by atoms with E-state index in [-0.39, 0.29) is 19.2 Å². The molecule has 1 aromatic carbocycles. The first-order valence-corrected chi connectivity index (χ1v) is 7.15. The number of aliphatic carboxylic acids is 1. The van der Waals surface area contributed by atoms with E-state index in [4.69, 9.17) is 9.84 Å². The fourth-order valence-corrected chi connectivity index (χ4v) is 2.88. The van der Waals surface area contributed by atoms with Crippen LogP contribution in [0, 0.1) is 0 Å². The van der Waals surface area contributed by atoms with Gasteiger partial charge in [-0.15, -0.1) is 0 Å². The van der Waals surface area contributed by atoms with E-state index in [1.165, 1.54) is 5.56 Å². The molecule has 0 saturated carbocycles. The van der Waals surface area contributed by atoms with Gasteiger partial charge in [0.1, 0.15) is 0 Å². The Hall–Kier alpha value is -2.08. The van der Waals surface area contributed by atoms with Crippen LogP contribution in [0.4, 0.5) is 10.5 Å². The Morgan fingerprint density at radius 2 is 2.05 bits per heavy atom. The molecular weight excluding hydrogens is 272 g/mol. The second kappa shape index (κ2) is 5.73. The number of carbonyl (C=O) groups excluding carboxylic acids is 1. The maximum absolute atomic E-state index is 12.7. The highest BCUT2D eigenvalue weighted by atomic mass is 16.5. The molecule has 1 aromatic rings. The second-order valence-corrected chi connectivity index (χ2v) is 5.31. The number of amides is 2. The highest BCUT2D eigenvalue weighted by molar-refractivity contribution is 5.93. The number of hydrogen-bond donors (Lipinski definition) is 1. The lowest BCUT2D eigenvalue weighted by atomic mass is 10.0. The smallest absolute Gasteiger partial charge is 0.334 e. The third kappa shape index (κ3) is 2.71. The number of anilines is 1. The van der Waals surface area contributed by atoms with E-state index in [2.05, 4.69) is 0 Å². The number of ether oxygens (including phenoxy) is 1. The summed E-state index contributed by atoms with van der Waals surface area (Å²) in [4.78, 5) is 27.0. The van der Waals surface area contributed by atoms with E-state index in [1.807, 2.05) is 24.3 Å². The first kappa shape index (κ1) is 13.9. The fourth-order valence-electron chi connectivity index (χ4n) is 2.88. The molecule has 1 N–H and O–H groups in total. The van der Waals surface area contributed by atoms with Gasteiger partial charge < -0.3 is 14.7 Å². The van der Waals surface area contributed by atoms with Gasteiger partial charge in [0.2, 0.25) is 0 Å². The normalized spacial score (nSPS) is 21.8. The number of aryl methyl sites for hydroxylation is 1. The van der Waals surface area contributed by atoms with Crippen molar-refractivity contribution in [1.82, 2.24) is 4.90 Å². The summed E-state index contributed by atoms with van der Waals surface area (Å²) in [5.74, 6) is -1.02. The predicted molar refractivity (Wildman–Crippen MR) is 76.5 cm³/mol. The number of nitrogens with zero attached hydrogens (tertiary/aromatic N) is 2. The van der Waals surface area contributed by atoms with Crippen LogP contribution in [0.2, 0.25) is 0 Å². The molecule has 0 bridgehead atoms. The molecule has 1 unspecified atom stereocenters. The number of carbonyl (C=O) groups is 2. The number of rotatable bonds is 1. The van der Waals surface area contributed by atoms with Gasteiger partial charge in [0, 0.05) is 18.8 Å². The van der Waals surface area contributed by atoms with Crippen LogP contribution in [0.3, 0.4) is 0 Å². The molecular formula is C15H18N2O4. The third-order valence-electron chi connectivity index (χ3n) is 3.95. The Balaban J connectivity index is 1.78. The zero-order valence-electron chi connectivity index (χ0n) is 11.7. The highest BCUT2D eigenvalue weighted by Crippen LogP contribution is 2.28. The number of hydrogen-bond acceptors (Lipinski definition) is 3. The largest absolute Gasteiger partial charge is 0.479 e. The maximum atomic E-state index is 12.7. The number of carboxylic acids is 1. The summed E-state index contributed by atoms with van der Waals surface area (Å²) in [6, 6.07) is 7.75. The van der Waals surface area contributed by atoms with Crippen molar-refractivity contribution in [2.45, 2.75) is 18.9 Å². The molecule has 1 atom stereocenters. The molecule has 112 valence electrons. The molecule has 6 nitrogen and oxygen atoms in total. The van der Waals surface area contributed by atoms with Crippen molar-refractivity contribution in [2.75, 3.05) is 31.1 Å². The Morgan fingerprint density at radius 1 is 1.24 bits per heavy atom. The first-order valence-electron chi connectivity index (χ1n) is 7.15. The number of morpholine rings is 1. The van der Waals surface area contributed by atoms with Gasteiger partial charge in [-0.3, -0.25) is 4.90 Å². The number of urea groups is 1. The van der Waals surface area contributed by atoms with Gasteiger partial charge in [-0.05, 0) is 24.5 Å². The lowest BCUT2D eigenvalue weighted by Gasteiger charge is -2.37. The van der Waals surface area contributed by atoms with Crippen molar-refractivity contribution in [3.63, 3.8) is 0 Å². The lowest BCUT2D eigenvalue weighted by molar-refractivity contribution is -0.154. The first-order chi connectivity index (χ1) is 10.2.